The van der Waals surface area contributed by atoms with Crippen LogP contribution in [0, 0.1) is 0 Å². The molecule has 3 aromatic rings. The highest BCUT2D eigenvalue weighted by atomic mass is 16.2. The third-order valence-corrected chi connectivity index (χ3v) is 6.58. The smallest absolute Gasteiger partial charge is 0.336 e. The van der Waals surface area contributed by atoms with Gasteiger partial charge in [-0.25, -0.2) is 14.7 Å². The molecule has 1 saturated carbocycles. The number of hydrogen-bond acceptors (Lipinski definition) is 3. The molecular weight excluding hydrogens is 386 g/mol. The second kappa shape index (κ2) is 7.38. The Morgan fingerprint density at radius 2 is 1.68 bits per heavy atom. The number of aromatic nitrogens is 2. The highest BCUT2D eigenvalue weighted by Gasteiger charge is 2.43. The minimum Gasteiger partial charge on any atom is -0.337 e. The molecular formula is C25H25N5O. The fourth-order valence-corrected chi connectivity index (χ4v) is 5.06. The van der Waals surface area contributed by atoms with E-state index in [0.717, 1.165) is 42.3 Å². The van der Waals surface area contributed by atoms with Gasteiger partial charge in [-0.3, -0.25) is 9.89 Å². The zero-order chi connectivity index (χ0) is 20.8. The minimum atomic E-state index is -0.0718. The zero-order valence-corrected chi connectivity index (χ0v) is 17.4. The summed E-state index contributed by atoms with van der Waals surface area (Å²) < 4.78 is 0. The second-order valence-corrected chi connectivity index (χ2v) is 8.66. The van der Waals surface area contributed by atoms with Crippen LogP contribution in [0.5, 0.6) is 0 Å². The molecule has 2 amide bonds. The van der Waals surface area contributed by atoms with Crippen molar-refractivity contribution in [3.63, 3.8) is 0 Å². The van der Waals surface area contributed by atoms with Crippen molar-refractivity contribution in [1.29, 1.82) is 0 Å². The molecule has 1 fully saturated rings. The number of H-pyrrole nitrogens is 1. The predicted molar refractivity (Wildman–Crippen MR) is 121 cm³/mol. The number of aromatic amines is 1. The van der Waals surface area contributed by atoms with Crippen LogP contribution < -0.4 is 4.90 Å². The van der Waals surface area contributed by atoms with Gasteiger partial charge < -0.3 is 4.98 Å². The van der Waals surface area contributed by atoms with E-state index in [1.54, 1.807) is 4.90 Å². The quantitative estimate of drug-likeness (QED) is 0.656. The van der Waals surface area contributed by atoms with Crippen molar-refractivity contribution < 1.29 is 4.79 Å². The Labute approximate surface area is 181 Å². The Balaban J connectivity index is 1.41. The number of aliphatic imine (C=N–C) groups is 1. The molecule has 2 aliphatic heterocycles. The predicted octanol–water partition coefficient (Wildman–Crippen LogP) is 5.01. The lowest BCUT2D eigenvalue weighted by molar-refractivity contribution is 0.229. The summed E-state index contributed by atoms with van der Waals surface area (Å²) in [5.41, 5.74) is 2.95. The summed E-state index contributed by atoms with van der Waals surface area (Å²) in [6.45, 7) is 0.587. The Bertz CT molecular complexity index is 1130. The molecule has 1 aromatic heterocycles. The van der Waals surface area contributed by atoms with Crippen molar-refractivity contribution in [3.8, 4) is 0 Å². The molecule has 0 radical (unpaired) electrons. The molecule has 1 atom stereocenters. The Morgan fingerprint density at radius 1 is 0.968 bits per heavy atom. The molecule has 31 heavy (non-hydrogen) atoms. The van der Waals surface area contributed by atoms with Crippen LogP contribution in [0.25, 0.3) is 0 Å². The SMILES string of the molecule is O=C1N2C[C@@H](Cc3ccccc3)N=C2c2[nH]c(C3CCCC3)nc2N1c1ccccc1. The number of carbonyl (C=O) groups is 1. The Kier molecular flexibility index (Phi) is 4.37. The molecule has 0 bridgehead atoms. The summed E-state index contributed by atoms with van der Waals surface area (Å²) in [6, 6.07) is 20.1. The lowest BCUT2D eigenvalue weighted by Gasteiger charge is -2.32. The summed E-state index contributed by atoms with van der Waals surface area (Å²) in [5, 5.41) is 0. The highest BCUT2D eigenvalue weighted by Crippen LogP contribution is 2.39. The first kappa shape index (κ1) is 18.4. The molecule has 6 heteroatoms. The molecule has 3 aliphatic rings. The summed E-state index contributed by atoms with van der Waals surface area (Å²) in [4.78, 5) is 30.7. The number of carbonyl (C=O) groups excluding carboxylic acids is 1. The van der Waals surface area contributed by atoms with Gasteiger partial charge in [0, 0.05) is 5.92 Å². The van der Waals surface area contributed by atoms with Crippen molar-refractivity contribution in [3.05, 3.63) is 77.7 Å². The Hall–Kier alpha value is -3.41. The summed E-state index contributed by atoms with van der Waals surface area (Å²) in [6.07, 6.45) is 5.60. The van der Waals surface area contributed by atoms with E-state index in [4.69, 9.17) is 9.98 Å². The maximum Gasteiger partial charge on any atom is 0.336 e. The van der Waals surface area contributed by atoms with E-state index in [9.17, 15) is 4.79 Å². The van der Waals surface area contributed by atoms with Crippen molar-refractivity contribution in [2.24, 2.45) is 4.99 Å². The maximum absolute atomic E-state index is 13.6. The van der Waals surface area contributed by atoms with Gasteiger partial charge >= 0.3 is 6.03 Å². The van der Waals surface area contributed by atoms with E-state index in [1.807, 2.05) is 53.4 Å². The number of anilines is 2. The van der Waals surface area contributed by atoms with E-state index in [1.165, 1.54) is 18.4 Å². The number of hydrogen-bond donors (Lipinski definition) is 1. The number of nitrogens with one attached hydrogen (secondary N) is 1. The molecule has 3 heterocycles. The van der Waals surface area contributed by atoms with E-state index < -0.39 is 0 Å². The van der Waals surface area contributed by atoms with E-state index in [0.29, 0.717) is 18.3 Å². The number of nitrogens with zero attached hydrogens (tertiary/aromatic N) is 4. The van der Waals surface area contributed by atoms with Crippen LogP contribution in [-0.2, 0) is 6.42 Å². The normalized spacial score (nSPS) is 20.7. The topological polar surface area (TPSA) is 64.6 Å². The number of imidazole rings is 1. The summed E-state index contributed by atoms with van der Waals surface area (Å²) in [7, 11) is 0. The molecule has 0 unspecified atom stereocenters. The molecule has 2 aromatic carbocycles. The van der Waals surface area contributed by atoms with Crippen LogP contribution in [0.2, 0.25) is 0 Å². The number of amidine groups is 1. The van der Waals surface area contributed by atoms with E-state index in [2.05, 4.69) is 17.1 Å². The van der Waals surface area contributed by atoms with Gasteiger partial charge in [-0.15, -0.1) is 0 Å². The summed E-state index contributed by atoms with van der Waals surface area (Å²) >= 11 is 0. The average molecular weight is 412 g/mol. The van der Waals surface area contributed by atoms with Crippen molar-refractivity contribution >= 4 is 23.4 Å². The number of urea groups is 1. The van der Waals surface area contributed by atoms with Crippen LogP contribution in [0.4, 0.5) is 16.3 Å². The molecule has 0 saturated heterocycles. The van der Waals surface area contributed by atoms with Crippen molar-refractivity contribution in [2.75, 3.05) is 11.4 Å². The van der Waals surface area contributed by atoms with Gasteiger partial charge in [0.05, 0.1) is 18.3 Å². The molecule has 1 N–H and O–H groups in total. The monoisotopic (exact) mass is 411 g/mol. The Morgan fingerprint density at radius 3 is 2.42 bits per heavy atom. The minimum absolute atomic E-state index is 0.0446. The number of benzene rings is 2. The molecule has 0 spiro atoms. The average Bonchev–Trinajstić information content (AvgIpc) is 3.55. The van der Waals surface area contributed by atoms with Gasteiger partial charge in [-0.2, -0.15) is 0 Å². The first-order valence-corrected chi connectivity index (χ1v) is 11.2. The zero-order valence-electron chi connectivity index (χ0n) is 17.4. The van der Waals surface area contributed by atoms with Gasteiger partial charge in [0.15, 0.2) is 11.7 Å². The van der Waals surface area contributed by atoms with Gasteiger partial charge in [-0.1, -0.05) is 61.4 Å². The molecule has 6 nitrogen and oxygen atoms in total. The lowest BCUT2D eigenvalue weighted by Crippen LogP contribution is -2.48. The number of fused-ring (bicyclic) bond motifs is 3. The van der Waals surface area contributed by atoms with Crippen LogP contribution >= 0.6 is 0 Å². The van der Waals surface area contributed by atoms with Crippen LogP contribution in [0.15, 0.2) is 65.7 Å². The van der Waals surface area contributed by atoms with Crippen LogP contribution in [0.3, 0.4) is 0 Å². The van der Waals surface area contributed by atoms with Crippen LogP contribution in [0.1, 0.15) is 48.7 Å². The van der Waals surface area contributed by atoms with Gasteiger partial charge in [0.2, 0.25) is 0 Å². The molecule has 6 rings (SSSR count). The first-order valence-electron chi connectivity index (χ1n) is 11.2. The third kappa shape index (κ3) is 3.14. The first-order chi connectivity index (χ1) is 15.3. The van der Waals surface area contributed by atoms with E-state index in [-0.39, 0.29) is 12.1 Å². The van der Waals surface area contributed by atoms with E-state index >= 15 is 0 Å². The number of rotatable bonds is 4. The fourth-order valence-electron chi connectivity index (χ4n) is 5.06. The van der Waals surface area contributed by atoms with Gasteiger partial charge in [-0.05, 0) is 37.0 Å². The van der Waals surface area contributed by atoms with Crippen molar-refractivity contribution in [2.45, 2.75) is 44.1 Å². The lowest BCUT2D eigenvalue weighted by atomic mass is 10.1. The fraction of sp³-hybridized carbons (Fsp3) is 0.320. The van der Waals surface area contributed by atoms with Gasteiger partial charge in [0.25, 0.3) is 0 Å². The number of amides is 2. The van der Waals surface area contributed by atoms with Crippen LogP contribution in [-0.4, -0.2) is 39.3 Å². The standard InChI is InChI=1S/C25H25N5O/c31-25-29-16-19(15-17-9-3-1-4-10-17)26-23(29)21-24(30(25)20-13-5-2-6-14-20)28-22(27-21)18-11-7-8-12-18/h1-6,9-10,13-14,18-19H,7-8,11-12,15-16H2,(H,27,28)/t19-/m1/s1. The summed E-state index contributed by atoms with van der Waals surface area (Å²) in [5.74, 6) is 2.86. The molecule has 1 aliphatic carbocycles. The van der Waals surface area contributed by atoms with Gasteiger partial charge in [0.1, 0.15) is 11.5 Å². The third-order valence-electron chi connectivity index (χ3n) is 6.58. The highest BCUT2D eigenvalue weighted by molar-refractivity contribution is 6.20. The number of para-hydroxylation sites is 1. The maximum atomic E-state index is 13.6. The second-order valence-electron chi connectivity index (χ2n) is 8.66. The van der Waals surface area contributed by atoms with Crippen molar-refractivity contribution in [1.82, 2.24) is 14.9 Å². The molecule has 156 valence electrons. The largest absolute Gasteiger partial charge is 0.337 e.